The number of hydrogen-bond acceptors (Lipinski definition) is 3. The van der Waals surface area contributed by atoms with Gasteiger partial charge in [0.25, 0.3) is 0 Å². The largest absolute Gasteiger partial charge is 0.353 e. The highest BCUT2D eigenvalue weighted by Gasteiger charge is 2.22. The standard InChI is InChI=1S/C30H32N4O/c35-29(17-16-24-10-4-1-5-11-24)31-27-18-20-33(21-19-27)22-26-23-34(28-14-8-3-9-15-28)32-30(26)25-12-6-2-7-13-25/h1-15,23,27H,16-22H2,(H,31,35). The Morgan fingerprint density at radius 3 is 2.17 bits per heavy atom. The highest BCUT2D eigenvalue weighted by molar-refractivity contribution is 5.76. The maximum atomic E-state index is 12.5. The molecule has 5 nitrogen and oxygen atoms in total. The van der Waals surface area contributed by atoms with E-state index in [4.69, 9.17) is 5.10 Å². The maximum Gasteiger partial charge on any atom is 0.220 e. The number of carbonyl (C=O) groups excluding carboxylic acids is 1. The summed E-state index contributed by atoms with van der Waals surface area (Å²) in [6.07, 6.45) is 5.45. The van der Waals surface area contributed by atoms with Crippen LogP contribution in [0.3, 0.4) is 0 Å². The van der Waals surface area contributed by atoms with Gasteiger partial charge < -0.3 is 5.32 Å². The van der Waals surface area contributed by atoms with E-state index >= 15 is 0 Å². The van der Waals surface area contributed by atoms with Crippen LogP contribution in [0.2, 0.25) is 0 Å². The molecular weight excluding hydrogens is 432 g/mol. The molecule has 0 radical (unpaired) electrons. The predicted octanol–water partition coefficient (Wildman–Crippen LogP) is 5.25. The van der Waals surface area contributed by atoms with E-state index in [0.717, 1.165) is 55.8 Å². The zero-order valence-corrected chi connectivity index (χ0v) is 20.0. The van der Waals surface area contributed by atoms with Gasteiger partial charge in [-0.15, -0.1) is 0 Å². The SMILES string of the molecule is O=C(CCc1ccccc1)NC1CCN(Cc2cn(-c3ccccc3)nc2-c2ccccc2)CC1. The van der Waals surface area contributed by atoms with E-state index in [9.17, 15) is 4.79 Å². The average Bonchev–Trinajstić information content (AvgIpc) is 3.34. The minimum absolute atomic E-state index is 0.155. The number of para-hydroxylation sites is 1. The minimum atomic E-state index is 0.155. The van der Waals surface area contributed by atoms with Gasteiger partial charge in [-0.3, -0.25) is 9.69 Å². The molecule has 1 fully saturated rings. The number of nitrogens with one attached hydrogen (secondary N) is 1. The van der Waals surface area contributed by atoms with Gasteiger partial charge >= 0.3 is 0 Å². The first-order valence-electron chi connectivity index (χ1n) is 12.5. The van der Waals surface area contributed by atoms with E-state index in [1.807, 2.05) is 47.1 Å². The summed E-state index contributed by atoms with van der Waals surface area (Å²) < 4.78 is 1.98. The summed E-state index contributed by atoms with van der Waals surface area (Å²) in [5, 5.41) is 8.20. The Morgan fingerprint density at radius 2 is 1.49 bits per heavy atom. The smallest absolute Gasteiger partial charge is 0.220 e. The quantitative estimate of drug-likeness (QED) is 0.387. The number of aromatic nitrogens is 2. The Hall–Kier alpha value is -3.70. The zero-order valence-electron chi connectivity index (χ0n) is 20.0. The molecule has 3 aromatic carbocycles. The summed E-state index contributed by atoms with van der Waals surface area (Å²) in [4.78, 5) is 14.9. The lowest BCUT2D eigenvalue weighted by molar-refractivity contribution is -0.122. The molecule has 1 aliphatic rings. The second-order valence-electron chi connectivity index (χ2n) is 9.25. The monoisotopic (exact) mass is 464 g/mol. The molecule has 178 valence electrons. The van der Waals surface area contributed by atoms with Gasteiger partial charge in [0, 0.05) is 49.4 Å². The maximum absolute atomic E-state index is 12.5. The van der Waals surface area contributed by atoms with Gasteiger partial charge in [0.15, 0.2) is 0 Å². The Kier molecular flexibility index (Phi) is 7.35. The van der Waals surface area contributed by atoms with E-state index in [1.165, 1.54) is 11.1 Å². The normalized spacial score (nSPS) is 14.6. The van der Waals surface area contributed by atoms with Gasteiger partial charge in [-0.2, -0.15) is 5.10 Å². The molecule has 4 aromatic rings. The fourth-order valence-corrected chi connectivity index (χ4v) is 4.76. The van der Waals surface area contributed by atoms with E-state index in [0.29, 0.717) is 6.42 Å². The highest BCUT2D eigenvalue weighted by Crippen LogP contribution is 2.26. The number of hydrogen-bond donors (Lipinski definition) is 1. The topological polar surface area (TPSA) is 50.2 Å². The fraction of sp³-hybridized carbons (Fsp3) is 0.267. The molecule has 1 N–H and O–H groups in total. The van der Waals surface area contributed by atoms with Gasteiger partial charge in [-0.25, -0.2) is 4.68 Å². The molecule has 35 heavy (non-hydrogen) atoms. The lowest BCUT2D eigenvalue weighted by atomic mass is 10.0. The Balaban J connectivity index is 1.19. The van der Waals surface area contributed by atoms with Crippen molar-refractivity contribution in [3.8, 4) is 16.9 Å². The van der Waals surface area contributed by atoms with Crippen LogP contribution in [0.4, 0.5) is 0 Å². The van der Waals surface area contributed by atoms with E-state index < -0.39 is 0 Å². The predicted molar refractivity (Wildman–Crippen MR) is 140 cm³/mol. The first kappa shape index (κ1) is 23.1. The minimum Gasteiger partial charge on any atom is -0.353 e. The van der Waals surface area contributed by atoms with E-state index in [1.54, 1.807) is 0 Å². The number of amides is 1. The van der Waals surface area contributed by atoms with Gasteiger partial charge in [-0.05, 0) is 37.0 Å². The second kappa shape index (κ2) is 11.2. The van der Waals surface area contributed by atoms with Gasteiger partial charge in [0.1, 0.15) is 0 Å². The lowest BCUT2D eigenvalue weighted by Gasteiger charge is -2.32. The molecule has 0 bridgehead atoms. The Bertz CT molecular complexity index is 1210. The molecule has 0 atom stereocenters. The van der Waals surface area contributed by atoms with Crippen molar-refractivity contribution >= 4 is 5.91 Å². The van der Waals surface area contributed by atoms with Crippen LogP contribution in [0.25, 0.3) is 16.9 Å². The fourth-order valence-electron chi connectivity index (χ4n) is 4.76. The molecule has 0 aliphatic carbocycles. The third kappa shape index (κ3) is 6.06. The van der Waals surface area contributed by atoms with Crippen molar-refractivity contribution in [2.75, 3.05) is 13.1 Å². The Morgan fingerprint density at radius 1 is 0.857 bits per heavy atom. The van der Waals surface area contributed by atoms with Crippen molar-refractivity contribution in [3.05, 3.63) is 108 Å². The summed E-state index contributed by atoms with van der Waals surface area (Å²) in [7, 11) is 0. The number of nitrogens with zero attached hydrogens (tertiary/aromatic N) is 3. The molecule has 0 unspecified atom stereocenters. The summed E-state index contributed by atoms with van der Waals surface area (Å²) in [6, 6.07) is 31.1. The number of carbonyl (C=O) groups is 1. The van der Waals surface area contributed by atoms with Crippen molar-refractivity contribution in [2.24, 2.45) is 0 Å². The molecule has 5 heteroatoms. The van der Waals surface area contributed by atoms with Gasteiger partial charge in [0.2, 0.25) is 5.91 Å². The van der Waals surface area contributed by atoms with E-state index in [-0.39, 0.29) is 11.9 Å². The second-order valence-corrected chi connectivity index (χ2v) is 9.25. The molecule has 5 rings (SSSR count). The molecule has 0 spiro atoms. The van der Waals surface area contributed by atoms with Crippen molar-refractivity contribution in [3.63, 3.8) is 0 Å². The number of likely N-dealkylation sites (tertiary alicyclic amines) is 1. The molecule has 1 aliphatic heterocycles. The number of benzene rings is 3. The number of piperidine rings is 1. The van der Waals surface area contributed by atoms with E-state index in [2.05, 4.69) is 64.9 Å². The van der Waals surface area contributed by atoms with Crippen molar-refractivity contribution in [2.45, 2.75) is 38.3 Å². The molecule has 1 amide bonds. The van der Waals surface area contributed by atoms with Crippen LogP contribution in [0.15, 0.2) is 97.2 Å². The summed E-state index contributed by atoms with van der Waals surface area (Å²) >= 11 is 0. The van der Waals surface area contributed by atoms with Crippen LogP contribution >= 0.6 is 0 Å². The molecular formula is C30H32N4O. The summed E-state index contributed by atoms with van der Waals surface area (Å²) in [5.74, 6) is 0.155. The first-order valence-corrected chi connectivity index (χ1v) is 12.5. The van der Waals surface area contributed by atoms with Crippen LogP contribution in [-0.2, 0) is 17.8 Å². The zero-order chi connectivity index (χ0) is 23.9. The third-order valence-corrected chi connectivity index (χ3v) is 6.69. The molecule has 0 saturated carbocycles. The first-order chi connectivity index (χ1) is 17.2. The van der Waals surface area contributed by atoms with Gasteiger partial charge in [0.05, 0.1) is 11.4 Å². The molecule has 2 heterocycles. The third-order valence-electron chi connectivity index (χ3n) is 6.69. The van der Waals surface area contributed by atoms with Crippen LogP contribution in [-0.4, -0.2) is 39.7 Å². The van der Waals surface area contributed by atoms with Crippen molar-refractivity contribution in [1.82, 2.24) is 20.0 Å². The van der Waals surface area contributed by atoms with Crippen molar-refractivity contribution in [1.29, 1.82) is 0 Å². The number of rotatable bonds is 8. The van der Waals surface area contributed by atoms with Gasteiger partial charge in [-0.1, -0.05) is 78.9 Å². The number of aryl methyl sites for hydroxylation is 1. The highest BCUT2D eigenvalue weighted by atomic mass is 16.1. The summed E-state index contributed by atoms with van der Waals surface area (Å²) in [6.45, 7) is 2.79. The summed E-state index contributed by atoms with van der Waals surface area (Å²) in [5.41, 5.74) is 5.67. The van der Waals surface area contributed by atoms with Crippen molar-refractivity contribution < 1.29 is 4.79 Å². The molecule has 1 saturated heterocycles. The van der Waals surface area contributed by atoms with Crippen LogP contribution in [0.1, 0.15) is 30.4 Å². The van der Waals surface area contributed by atoms with Crippen LogP contribution < -0.4 is 5.32 Å². The molecule has 1 aromatic heterocycles. The average molecular weight is 465 g/mol. The van der Waals surface area contributed by atoms with Crippen LogP contribution in [0.5, 0.6) is 0 Å². The van der Waals surface area contributed by atoms with Crippen LogP contribution in [0, 0.1) is 0 Å². The lowest BCUT2D eigenvalue weighted by Crippen LogP contribution is -2.44. The Labute approximate surface area is 207 Å².